The van der Waals surface area contributed by atoms with Crippen LogP contribution >= 0.6 is 0 Å². The lowest BCUT2D eigenvalue weighted by Crippen LogP contribution is -2.66. The maximum atomic E-state index is 13.4. The van der Waals surface area contributed by atoms with Crippen molar-refractivity contribution >= 4 is 5.91 Å². The van der Waals surface area contributed by atoms with Crippen LogP contribution in [0.2, 0.25) is 0 Å². The van der Waals surface area contributed by atoms with Crippen molar-refractivity contribution in [2.75, 3.05) is 26.4 Å². The summed E-state index contributed by atoms with van der Waals surface area (Å²) in [4.78, 5) is 13.4. The summed E-state index contributed by atoms with van der Waals surface area (Å²) in [7, 11) is 0. The van der Waals surface area contributed by atoms with Gasteiger partial charge in [-0.3, -0.25) is 4.79 Å². The average molecular weight is 1270 g/mol. The van der Waals surface area contributed by atoms with Crippen LogP contribution in [0.15, 0.2) is 109 Å². The number of carbonyl (C=O) groups excluding carboxylic acids is 1. The van der Waals surface area contributed by atoms with E-state index in [4.69, 9.17) is 28.4 Å². The Kier molecular flexibility index (Phi) is 46.5. The number of allylic oxidation sites excluding steroid dienone is 17. The van der Waals surface area contributed by atoms with Gasteiger partial charge < -0.3 is 89.9 Å². The SMILES string of the molecule is CC/C=C\C/C=C\C/C=C\C/C=C\C/C=C\C/C=C\CCCCC(=O)NC(COC1OC(CO)C(OC2OC(CO)C(OC3OC(CO)C(O)C(O)C3O)C(O)C2O)C(O)C1O)C(O)/C=C/CC/C=C/CC/C=C/CCCCCCCCCCCCCCCC. The number of amides is 1. The summed E-state index contributed by atoms with van der Waals surface area (Å²) in [5, 5.41) is 120. The zero-order valence-corrected chi connectivity index (χ0v) is 54.3. The molecule has 0 aromatic heterocycles. The molecule has 17 atom stereocenters. The predicted octanol–water partition coefficient (Wildman–Crippen LogP) is 8.66. The van der Waals surface area contributed by atoms with Crippen LogP contribution in [0.5, 0.6) is 0 Å². The molecule has 19 heteroatoms. The molecule has 19 nitrogen and oxygen atoms in total. The molecule has 0 aromatic carbocycles. The fourth-order valence-corrected chi connectivity index (χ4v) is 10.8. The standard InChI is InChI=1S/C71H119NO18/c1-3-5-7-9-11-13-15-17-19-21-23-25-26-27-29-30-32-34-36-38-40-42-44-46-48-55(76)54(72-59(77)49-47-45-43-41-39-37-35-33-31-28-24-22-20-18-16-14-12-10-8-6-4-2)53-85-69-65(83)62(80)67(57(51-74)87-69)90-71-66(84)63(81)68(58(52-75)88-71)89-70-64(82)61(79)60(78)56(50-73)86-70/h6,8,12,14,18,20,24,28,30,32-33,35,38-41,46,48,54-58,60-71,73-76,78-84H,3-5,7,9-11,13,15-17,19,21-23,25-27,29,31,34,36-37,42-45,47,49-53H2,1-2H3,(H,72,77)/b8-6-,14-12-,20-18-,28-24-,32-30+,35-33-,40-38+,41-39-,48-46+. The lowest BCUT2D eigenvalue weighted by atomic mass is 9.96. The quantitative estimate of drug-likeness (QED) is 0.0200. The monoisotopic (exact) mass is 1270 g/mol. The fraction of sp³-hybridized carbons (Fsp3) is 0.732. The highest BCUT2D eigenvalue weighted by Crippen LogP contribution is 2.33. The normalized spacial score (nSPS) is 28.7. The van der Waals surface area contributed by atoms with Gasteiger partial charge in [-0.05, 0) is 96.3 Å². The first kappa shape index (κ1) is 80.7. The molecule has 17 unspecified atom stereocenters. The van der Waals surface area contributed by atoms with Crippen LogP contribution in [-0.2, 0) is 33.2 Å². The Labute approximate surface area is 538 Å². The summed E-state index contributed by atoms with van der Waals surface area (Å²) in [5.74, 6) is -0.336. The van der Waals surface area contributed by atoms with Crippen molar-refractivity contribution in [3.8, 4) is 0 Å². The Morgan fingerprint density at radius 2 is 0.778 bits per heavy atom. The number of carbonyl (C=O) groups is 1. The molecule has 12 N–H and O–H groups in total. The van der Waals surface area contributed by atoms with E-state index in [0.29, 0.717) is 12.8 Å². The van der Waals surface area contributed by atoms with E-state index in [1.54, 1.807) is 6.08 Å². The molecule has 516 valence electrons. The number of aliphatic hydroxyl groups is 11. The largest absolute Gasteiger partial charge is 0.394 e. The van der Waals surface area contributed by atoms with Crippen LogP contribution in [0, 0.1) is 0 Å². The highest BCUT2D eigenvalue weighted by molar-refractivity contribution is 5.76. The van der Waals surface area contributed by atoms with Crippen molar-refractivity contribution in [1.29, 1.82) is 0 Å². The molecule has 3 aliphatic heterocycles. The molecular formula is C71H119NO18. The summed E-state index contributed by atoms with van der Waals surface area (Å²) in [6, 6.07) is -1.03. The van der Waals surface area contributed by atoms with Gasteiger partial charge in [-0.2, -0.15) is 0 Å². The first-order chi connectivity index (χ1) is 43.8. The smallest absolute Gasteiger partial charge is 0.220 e. The van der Waals surface area contributed by atoms with Crippen molar-refractivity contribution in [2.24, 2.45) is 0 Å². The molecule has 0 saturated carbocycles. The third kappa shape index (κ3) is 33.5. The minimum atomic E-state index is -1.99. The van der Waals surface area contributed by atoms with E-state index >= 15 is 0 Å². The van der Waals surface area contributed by atoms with Crippen molar-refractivity contribution in [2.45, 2.75) is 304 Å². The van der Waals surface area contributed by atoms with Crippen molar-refractivity contribution in [1.82, 2.24) is 5.32 Å². The third-order valence-electron chi connectivity index (χ3n) is 16.3. The van der Waals surface area contributed by atoms with Crippen LogP contribution in [-0.4, -0.2) is 193 Å². The number of nitrogens with one attached hydrogen (secondary N) is 1. The molecule has 3 heterocycles. The molecule has 0 bridgehead atoms. The number of unbranched alkanes of at least 4 members (excludes halogenated alkanes) is 18. The van der Waals surface area contributed by atoms with E-state index in [1.165, 1.54) is 89.9 Å². The summed E-state index contributed by atoms with van der Waals surface area (Å²) in [6.07, 6.45) is 42.1. The van der Waals surface area contributed by atoms with Gasteiger partial charge in [-0.25, -0.2) is 0 Å². The highest BCUT2D eigenvalue weighted by atomic mass is 16.8. The Hall–Kier alpha value is -3.55. The number of hydrogen-bond donors (Lipinski definition) is 12. The summed E-state index contributed by atoms with van der Waals surface area (Å²) in [5.41, 5.74) is 0. The van der Waals surface area contributed by atoms with Crippen molar-refractivity contribution in [3.05, 3.63) is 109 Å². The molecule has 0 radical (unpaired) electrons. The van der Waals surface area contributed by atoms with Gasteiger partial charge in [0.15, 0.2) is 18.9 Å². The van der Waals surface area contributed by atoms with E-state index in [0.717, 1.165) is 77.0 Å². The topological polar surface area (TPSA) is 307 Å². The minimum Gasteiger partial charge on any atom is -0.394 e. The van der Waals surface area contributed by atoms with Gasteiger partial charge in [-0.15, -0.1) is 0 Å². The molecule has 3 rings (SSSR count). The van der Waals surface area contributed by atoms with E-state index in [9.17, 15) is 61.0 Å². The molecule has 1 amide bonds. The zero-order chi connectivity index (χ0) is 65.4. The van der Waals surface area contributed by atoms with E-state index < -0.39 is 131 Å². The van der Waals surface area contributed by atoms with Crippen LogP contribution in [0.4, 0.5) is 0 Å². The van der Waals surface area contributed by atoms with E-state index in [-0.39, 0.29) is 12.3 Å². The van der Waals surface area contributed by atoms with Gasteiger partial charge in [-0.1, -0.05) is 207 Å². The van der Waals surface area contributed by atoms with E-state index in [1.807, 2.05) is 6.08 Å². The number of hydrogen-bond acceptors (Lipinski definition) is 18. The Morgan fingerprint density at radius 3 is 1.24 bits per heavy atom. The summed E-state index contributed by atoms with van der Waals surface area (Å²) < 4.78 is 34.3. The average Bonchev–Trinajstić information content (AvgIpc) is 0.853. The first-order valence-electron chi connectivity index (χ1n) is 34.1. The van der Waals surface area contributed by atoms with Crippen molar-refractivity contribution < 1.29 is 89.4 Å². The number of rotatable bonds is 50. The van der Waals surface area contributed by atoms with Crippen LogP contribution in [0.25, 0.3) is 0 Å². The zero-order valence-electron chi connectivity index (χ0n) is 54.3. The second kappa shape index (κ2) is 51.8. The number of ether oxygens (including phenoxy) is 6. The van der Waals surface area contributed by atoms with Gasteiger partial charge in [0.25, 0.3) is 0 Å². The lowest BCUT2D eigenvalue weighted by Gasteiger charge is -2.48. The van der Waals surface area contributed by atoms with Crippen molar-refractivity contribution in [3.63, 3.8) is 0 Å². The van der Waals surface area contributed by atoms with Crippen LogP contribution in [0.1, 0.15) is 200 Å². The molecular weight excluding hydrogens is 1150 g/mol. The molecule has 0 aliphatic carbocycles. The Morgan fingerprint density at radius 1 is 0.411 bits per heavy atom. The van der Waals surface area contributed by atoms with Crippen LogP contribution in [0.3, 0.4) is 0 Å². The van der Waals surface area contributed by atoms with Gasteiger partial charge in [0, 0.05) is 6.42 Å². The Bertz CT molecular complexity index is 2060. The fourth-order valence-electron chi connectivity index (χ4n) is 10.8. The predicted molar refractivity (Wildman–Crippen MR) is 350 cm³/mol. The van der Waals surface area contributed by atoms with Gasteiger partial charge >= 0.3 is 0 Å². The Balaban J connectivity index is 1.49. The summed E-state index contributed by atoms with van der Waals surface area (Å²) in [6.45, 7) is 1.55. The van der Waals surface area contributed by atoms with Crippen LogP contribution < -0.4 is 5.32 Å². The molecule has 3 aliphatic rings. The highest BCUT2D eigenvalue weighted by Gasteiger charge is 2.53. The van der Waals surface area contributed by atoms with E-state index in [2.05, 4.69) is 116 Å². The molecule has 3 fully saturated rings. The van der Waals surface area contributed by atoms with Gasteiger partial charge in [0.05, 0.1) is 38.6 Å². The number of aliphatic hydroxyl groups excluding tert-OH is 11. The van der Waals surface area contributed by atoms with Gasteiger partial charge in [0.1, 0.15) is 73.2 Å². The molecule has 0 spiro atoms. The third-order valence-corrected chi connectivity index (χ3v) is 16.3. The maximum Gasteiger partial charge on any atom is 0.220 e. The maximum absolute atomic E-state index is 13.4. The summed E-state index contributed by atoms with van der Waals surface area (Å²) >= 11 is 0. The van der Waals surface area contributed by atoms with Gasteiger partial charge in [0.2, 0.25) is 5.91 Å². The second-order valence-electron chi connectivity index (χ2n) is 23.9. The second-order valence-corrected chi connectivity index (χ2v) is 23.9. The first-order valence-corrected chi connectivity index (χ1v) is 34.1. The molecule has 3 saturated heterocycles. The lowest BCUT2D eigenvalue weighted by molar-refractivity contribution is -0.379. The molecule has 90 heavy (non-hydrogen) atoms. The minimum absolute atomic E-state index is 0.170. The molecule has 0 aromatic rings.